The smallest absolute Gasteiger partial charge is 0.244 e. The molecule has 3 rings (SSSR count). The number of fused-ring (bicyclic) bond motifs is 1. The Labute approximate surface area is 136 Å². The van der Waals surface area contributed by atoms with Gasteiger partial charge < -0.3 is 9.47 Å². The van der Waals surface area contributed by atoms with E-state index in [1.54, 1.807) is 24.3 Å². The summed E-state index contributed by atoms with van der Waals surface area (Å²) in [6, 6.07) is 9.02. The Hall–Kier alpha value is -2.60. The highest BCUT2D eigenvalue weighted by atomic mass is 35.5. The molecule has 0 atom stereocenters. The Morgan fingerprint density at radius 3 is 2.70 bits per heavy atom. The average Bonchev–Trinajstić information content (AvgIpc) is 2.97. The molecule has 118 valence electrons. The highest BCUT2D eigenvalue weighted by molar-refractivity contribution is 6.33. The van der Waals surface area contributed by atoms with E-state index in [1.165, 1.54) is 18.3 Å². The number of rotatable bonds is 4. The predicted octanol–water partition coefficient (Wildman–Crippen LogP) is 2.90. The van der Waals surface area contributed by atoms with E-state index in [0.717, 1.165) is 0 Å². The molecule has 0 radical (unpaired) electrons. The Morgan fingerprint density at radius 2 is 1.96 bits per heavy atom. The van der Waals surface area contributed by atoms with Crippen LogP contribution in [0.4, 0.5) is 4.39 Å². The van der Waals surface area contributed by atoms with Crippen molar-refractivity contribution in [1.29, 1.82) is 0 Å². The van der Waals surface area contributed by atoms with Crippen molar-refractivity contribution in [2.24, 2.45) is 5.10 Å². The van der Waals surface area contributed by atoms with E-state index < -0.39 is 0 Å². The van der Waals surface area contributed by atoms with Gasteiger partial charge in [-0.15, -0.1) is 0 Å². The zero-order valence-electron chi connectivity index (χ0n) is 11.9. The number of hydrazone groups is 1. The van der Waals surface area contributed by atoms with E-state index in [0.29, 0.717) is 27.6 Å². The molecule has 1 heterocycles. The van der Waals surface area contributed by atoms with Crippen LogP contribution in [0, 0.1) is 5.82 Å². The molecule has 0 aliphatic carbocycles. The molecule has 0 spiro atoms. The molecule has 0 bridgehead atoms. The molecule has 1 N–H and O–H groups in total. The van der Waals surface area contributed by atoms with Crippen LogP contribution in [0.25, 0.3) is 0 Å². The summed E-state index contributed by atoms with van der Waals surface area (Å²) in [4.78, 5) is 11.8. The second-order valence-corrected chi connectivity index (χ2v) is 5.23. The number of hydrogen-bond donors (Lipinski definition) is 1. The fraction of sp³-hybridized carbons (Fsp3) is 0.125. The second-order valence-electron chi connectivity index (χ2n) is 4.82. The monoisotopic (exact) mass is 334 g/mol. The molecule has 1 aliphatic rings. The van der Waals surface area contributed by atoms with Gasteiger partial charge in [-0.1, -0.05) is 23.7 Å². The lowest BCUT2D eigenvalue weighted by Gasteiger charge is -2.02. The minimum absolute atomic E-state index is 0.104. The SMILES string of the molecule is O=C(Cc1ccc(F)cc1)N/N=C/c1cc2c(cc1Cl)OCO2. The summed E-state index contributed by atoms with van der Waals surface area (Å²) < 4.78 is 23.2. The first-order chi connectivity index (χ1) is 11.1. The average molecular weight is 335 g/mol. The quantitative estimate of drug-likeness (QED) is 0.691. The van der Waals surface area contributed by atoms with Crippen LogP contribution >= 0.6 is 11.6 Å². The Bertz CT molecular complexity index is 763. The highest BCUT2D eigenvalue weighted by Gasteiger charge is 2.15. The molecular formula is C16H12ClFN2O3. The standard InChI is InChI=1S/C16H12ClFN2O3/c17-13-7-15-14(22-9-23-15)6-11(13)8-19-20-16(21)5-10-1-3-12(18)4-2-10/h1-4,6-8H,5,9H2,(H,20,21)/b19-8+. The maximum absolute atomic E-state index is 12.8. The number of carbonyl (C=O) groups excluding carboxylic acids is 1. The van der Waals surface area contributed by atoms with Crippen LogP contribution in [0.3, 0.4) is 0 Å². The van der Waals surface area contributed by atoms with Gasteiger partial charge in [0, 0.05) is 11.6 Å². The third-order valence-electron chi connectivity index (χ3n) is 3.16. The van der Waals surface area contributed by atoms with Crippen molar-refractivity contribution < 1.29 is 18.7 Å². The summed E-state index contributed by atoms with van der Waals surface area (Å²) in [6.45, 7) is 0.153. The van der Waals surface area contributed by atoms with Crippen molar-refractivity contribution in [3.63, 3.8) is 0 Å². The van der Waals surface area contributed by atoms with Gasteiger partial charge in [0.1, 0.15) is 5.82 Å². The summed E-state index contributed by atoms with van der Waals surface area (Å²) in [7, 11) is 0. The Morgan fingerprint density at radius 1 is 1.26 bits per heavy atom. The number of ether oxygens (including phenoxy) is 2. The van der Waals surface area contributed by atoms with Gasteiger partial charge >= 0.3 is 0 Å². The normalized spacial score (nSPS) is 12.6. The van der Waals surface area contributed by atoms with Gasteiger partial charge in [-0.25, -0.2) is 9.82 Å². The molecule has 0 fully saturated rings. The van der Waals surface area contributed by atoms with E-state index in [1.807, 2.05) is 0 Å². The first-order valence-electron chi connectivity index (χ1n) is 6.77. The number of nitrogens with zero attached hydrogens (tertiary/aromatic N) is 1. The lowest BCUT2D eigenvalue weighted by Crippen LogP contribution is -2.19. The largest absolute Gasteiger partial charge is 0.454 e. The van der Waals surface area contributed by atoms with Crippen LogP contribution < -0.4 is 14.9 Å². The van der Waals surface area contributed by atoms with Gasteiger partial charge in [-0.05, 0) is 23.8 Å². The first kappa shape index (κ1) is 15.3. The van der Waals surface area contributed by atoms with E-state index >= 15 is 0 Å². The van der Waals surface area contributed by atoms with Gasteiger partial charge in [0.05, 0.1) is 17.7 Å². The predicted molar refractivity (Wildman–Crippen MR) is 83.4 cm³/mol. The molecule has 2 aromatic carbocycles. The summed E-state index contributed by atoms with van der Waals surface area (Å²) in [5, 5.41) is 4.30. The van der Waals surface area contributed by atoms with Crippen LogP contribution in [0.15, 0.2) is 41.5 Å². The van der Waals surface area contributed by atoms with Gasteiger partial charge in [-0.3, -0.25) is 4.79 Å². The van der Waals surface area contributed by atoms with Crippen molar-refractivity contribution in [3.8, 4) is 11.5 Å². The molecule has 5 nitrogen and oxygen atoms in total. The lowest BCUT2D eigenvalue weighted by atomic mass is 10.1. The van der Waals surface area contributed by atoms with Crippen molar-refractivity contribution in [3.05, 3.63) is 58.4 Å². The topological polar surface area (TPSA) is 59.9 Å². The molecule has 1 aliphatic heterocycles. The second kappa shape index (κ2) is 6.66. The Balaban J connectivity index is 1.60. The number of hydrogen-bond acceptors (Lipinski definition) is 4. The third-order valence-corrected chi connectivity index (χ3v) is 3.49. The maximum Gasteiger partial charge on any atom is 0.244 e. The number of benzene rings is 2. The summed E-state index contributed by atoms with van der Waals surface area (Å²) in [5.41, 5.74) is 3.69. The van der Waals surface area contributed by atoms with Crippen LogP contribution in [-0.4, -0.2) is 18.9 Å². The third kappa shape index (κ3) is 3.78. The molecule has 23 heavy (non-hydrogen) atoms. The van der Waals surface area contributed by atoms with Crippen LogP contribution in [0.1, 0.15) is 11.1 Å². The molecule has 0 aromatic heterocycles. The van der Waals surface area contributed by atoms with Crippen LogP contribution in [-0.2, 0) is 11.2 Å². The number of carbonyl (C=O) groups is 1. The summed E-state index contributed by atoms with van der Waals surface area (Å²) in [6.07, 6.45) is 1.53. The molecular weight excluding hydrogens is 323 g/mol. The minimum Gasteiger partial charge on any atom is -0.454 e. The van der Waals surface area contributed by atoms with E-state index in [4.69, 9.17) is 21.1 Å². The summed E-state index contributed by atoms with van der Waals surface area (Å²) in [5.74, 6) is 0.496. The molecule has 0 unspecified atom stereocenters. The molecule has 2 aromatic rings. The minimum atomic E-state index is -0.343. The molecule has 0 saturated carbocycles. The van der Waals surface area contributed by atoms with Crippen LogP contribution in [0.2, 0.25) is 5.02 Å². The zero-order valence-corrected chi connectivity index (χ0v) is 12.6. The number of halogens is 2. The van der Waals surface area contributed by atoms with Gasteiger partial charge in [0.25, 0.3) is 0 Å². The summed E-state index contributed by atoms with van der Waals surface area (Å²) >= 11 is 6.09. The van der Waals surface area contributed by atoms with Gasteiger partial charge in [0.15, 0.2) is 11.5 Å². The van der Waals surface area contributed by atoms with Crippen molar-refractivity contribution in [1.82, 2.24) is 5.43 Å². The van der Waals surface area contributed by atoms with E-state index in [9.17, 15) is 9.18 Å². The van der Waals surface area contributed by atoms with Crippen molar-refractivity contribution in [2.45, 2.75) is 6.42 Å². The number of nitrogens with one attached hydrogen (secondary N) is 1. The molecule has 1 amide bonds. The Kier molecular flexibility index (Phi) is 4.43. The fourth-order valence-electron chi connectivity index (χ4n) is 2.03. The van der Waals surface area contributed by atoms with E-state index in [2.05, 4.69) is 10.5 Å². The van der Waals surface area contributed by atoms with Crippen molar-refractivity contribution >= 4 is 23.7 Å². The van der Waals surface area contributed by atoms with Gasteiger partial charge in [0.2, 0.25) is 12.7 Å². The first-order valence-corrected chi connectivity index (χ1v) is 7.15. The number of amides is 1. The molecule has 7 heteroatoms. The highest BCUT2D eigenvalue weighted by Crippen LogP contribution is 2.36. The van der Waals surface area contributed by atoms with Gasteiger partial charge in [-0.2, -0.15) is 5.10 Å². The fourth-order valence-corrected chi connectivity index (χ4v) is 2.24. The van der Waals surface area contributed by atoms with E-state index in [-0.39, 0.29) is 24.9 Å². The maximum atomic E-state index is 12.8. The van der Waals surface area contributed by atoms with Crippen LogP contribution in [0.5, 0.6) is 11.5 Å². The lowest BCUT2D eigenvalue weighted by molar-refractivity contribution is -0.120. The zero-order chi connectivity index (χ0) is 16.2. The molecule has 0 saturated heterocycles. The van der Waals surface area contributed by atoms with Crippen molar-refractivity contribution in [2.75, 3.05) is 6.79 Å².